The summed E-state index contributed by atoms with van der Waals surface area (Å²) in [5, 5.41) is 2.67. The Morgan fingerprint density at radius 3 is 2.65 bits per heavy atom. The minimum absolute atomic E-state index is 0.159. The van der Waals surface area contributed by atoms with Gasteiger partial charge in [0.05, 0.1) is 18.2 Å². The van der Waals surface area contributed by atoms with Crippen molar-refractivity contribution in [1.82, 2.24) is 0 Å². The van der Waals surface area contributed by atoms with Gasteiger partial charge in [0.15, 0.2) is 0 Å². The number of nitrogens with one attached hydrogen (secondary N) is 1. The molecule has 1 aromatic carbocycles. The molecule has 1 unspecified atom stereocenters. The van der Waals surface area contributed by atoms with Crippen LogP contribution in [0.25, 0.3) is 0 Å². The molecule has 5 N–H and O–H groups in total. The fourth-order valence-corrected chi connectivity index (χ4v) is 1.84. The van der Waals surface area contributed by atoms with Crippen molar-refractivity contribution in [3.8, 4) is 0 Å². The van der Waals surface area contributed by atoms with Gasteiger partial charge in [0.25, 0.3) is 0 Å². The third-order valence-corrected chi connectivity index (χ3v) is 2.92. The van der Waals surface area contributed by atoms with Crippen molar-refractivity contribution < 1.29 is 9.59 Å². The lowest BCUT2D eigenvalue weighted by molar-refractivity contribution is -0.123. The second kappa shape index (κ2) is 6.27. The molecule has 0 aliphatic heterocycles. The number of hydrogen-bond acceptors (Lipinski definition) is 4. The topological polar surface area (TPSA) is 98.2 Å². The summed E-state index contributed by atoms with van der Waals surface area (Å²) >= 11 is 1.52. The molecule has 2 amide bonds. The van der Waals surface area contributed by atoms with Crippen LogP contribution in [0.2, 0.25) is 0 Å². The van der Waals surface area contributed by atoms with E-state index in [9.17, 15) is 9.59 Å². The highest BCUT2D eigenvalue weighted by atomic mass is 32.2. The van der Waals surface area contributed by atoms with Crippen molar-refractivity contribution in [2.75, 3.05) is 11.6 Å². The molecule has 0 saturated heterocycles. The van der Waals surface area contributed by atoms with E-state index in [2.05, 4.69) is 5.32 Å². The molecule has 0 aliphatic carbocycles. The van der Waals surface area contributed by atoms with E-state index >= 15 is 0 Å². The van der Waals surface area contributed by atoms with Gasteiger partial charge in [0.1, 0.15) is 0 Å². The van der Waals surface area contributed by atoms with E-state index in [-0.39, 0.29) is 6.42 Å². The third kappa shape index (κ3) is 4.08. The second-order valence-electron chi connectivity index (χ2n) is 3.47. The Kier molecular flexibility index (Phi) is 4.99. The van der Waals surface area contributed by atoms with Crippen LogP contribution in [0.15, 0.2) is 29.2 Å². The fraction of sp³-hybridized carbons (Fsp3) is 0.273. The SMILES string of the molecule is CSc1ccccc1NC(=O)C(N)CC(N)=O. The molecule has 0 radical (unpaired) electrons. The maximum atomic E-state index is 11.7. The zero-order chi connectivity index (χ0) is 12.8. The van der Waals surface area contributed by atoms with Gasteiger partial charge in [-0.05, 0) is 18.4 Å². The maximum Gasteiger partial charge on any atom is 0.241 e. The second-order valence-corrected chi connectivity index (χ2v) is 4.31. The van der Waals surface area contributed by atoms with Crippen molar-refractivity contribution >= 4 is 29.3 Å². The molecule has 1 rings (SSSR count). The minimum Gasteiger partial charge on any atom is -0.370 e. The third-order valence-electron chi connectivity index (χ3n) is 2.12. The van der Waals surface area contributed by atoms with Crippen LogP contribution in [0.1, 0.15) is 6.42 Å². The van der Waals surface area contributed by atoms with Crippen LogP contribution < -0.4 is 16.8 Å². The van der Waals surface area contributed by atoms with Gasteiger partial charge >= 0.3 is 0 Å². The molecule has 0 bridgehead atoms. The zero-order valence-corrected chi connectivity index (χ0v) is 10.3. The average Bonchev–Trinajstić information content (AvgIpc) is 2.28. The number of benzene rings is 1. The largest absolute Gasteiger partial charge is 0.370 e. The summed E-state index contributed by atoms with van der Waals surface area (Å²) in [4.78, 5) is 23.2. The number of carbonyl (C=O) groups excluding carboxylic acids is 2. The molecule has 0 saturated carbocycles. The molecular weight excluding hydrogens is 238 g/mol. The normalized spacial score (nSPS) is 11.9. The Morgan fingerprint density at radius 2 is 2.06 bits per heavy atom. The van der Waals surface area contributed by atoms with Crippen molar-refractivity contribution in [3.63, 3.8) is 0 Å². The highest BCUT2D eigenvalue weighted by Gasteiger charge is 2.16. The number of anilines is 1. The molecule has 0 aromatic heterocycles. The molecule has 0 spiro atoms. The highest BCUT2D eigenvalue weighted by molar-refractivity contribution is 7.98. The summed E-state index contributed by atoms with van der Waals surface area (Å²) in [5.41, 5.74) is 11.2. The first-order valence-electron chi connectivity index (χ1n) is 5.02. The van der Waals surface area contributed by atoms with Gasteiger partial charge in [-0.2, -0.15) is 0 Å². The standard InChI is InChI=1S/C11H15N3O2S/c1-17-9-5-3-2-4-8(9)14-11(16)7(12)6-10(13)15/h2-5,7H,6,12H2,1H3,(H2,13,15)(H,14,16). The molecule has 5 nitrogen and oxygen atoms in total. The molecule has 0 heterocycles. The van der Waals surface area contributed by atoms with Gasteiger partial charge in [0.2, 0.25) is 11.8 Å². The van der Waals surface area contributed by atoms with E-state index in [1.54, 1.807) is 6.07 Å². The van der Waals surface area contributed by atoms with E-state index in [1.807, 2.05) is 24.5 Å². The summed E-state index contributed by atoms with van der Waals surface area (Å²) in [7, 11) is 0. The van der Waals surface area contributed by atoms with E-state index in [4.69, 9.17) is 11.5 Å². The summed E-state index contributed by atoms with van der Waals surface area (Å²) in [6.07, 6.45) is 1.75. The summed E-state index contributed by atoms with van der Waals surface area (Å²) in [6, 6.07) is 6.45. The number of para-hydroxylation sites is 1. The van der Waals surface area contributed by atoms with E-state index < -0.39 is 17.9 Å². The Morgan fingerprint density at radius 1 is 1.41 bits per heavy atom. The Hall–Kier alpha value is -1.53. The van der Waals surface area contributed by atoms with Gasteiger partial charge in [-0.1, -0.05) is 12.1 Å². The molecule has 1 atom stereocenters. The van der Waals surface area contributed by atoms with Crippen LogP contribution in [0.3, 0.4) is 0 Å². The Labute approximate surface area is 104 Å². The molecule has 1 aromatic rings. The van der Waals surface area contributed by atoms with Crippen molar-refractivity contribution in [1.29, 1.82) is 0 Å². The Balaban J connectivity index is 2.70. The number of primary amides is 1. The smallest absolute Gasteiger partial charge is 0.241 e. The summed E-state index contributed by atoms with van der Waals surface area (Å²) in [5.74, 6) is -1.00. The summed E-state index contributed by atoms with van der Waals surface area (Å²) < 4.78 is 0. The molecule has 0 aliphatic rings. The van der Waals surface area contributed by atoms with Gasteiger partial charge in [-0.3, -0.25) is 9.59 Å². The van der Waals surface area contributed by atoms with Crippen LogP contribution in [-0.4, -0.2) is 24.1 Å². The number of hydrogen-bond donors (Lipinski definition) is 3. The lowest BCUT2D eigenvalue weighted by Crippen LogP contribution is -2.39. The number of nitrogens with two attached hydrogens (primary N) is 2. The van der Waals surface area contributed by atoms with Crippen LogP contribution in [0.4, 0.5) is 5.69 Å². The van der Waals surface area contributed by atoms with Gasteiger partial charge in [-0.15, -0.1) is 11.8 Å². The van der Waals surface area contributed by atoms with Crippen LogP contribution in [0, 0.1) is 0 Å². The molecule has 0 fully saturated rings. The molecule has 6 heteroatoms. The van der Waals surface area contributed by atoms with Crippen LogP contribution >= 0.6 is 11.8 Å². The monoisotopic (exact) mass is 253 g/mol. The zero-order valence-electron chi connectivity index (χ0n) is 9.47. The number of amides is 2. The first-order chi connectivity index (χ1) is 8.04. The van der Waals surface area contributed by atoms with E-state index in [0.717, 1.165) is 4.90 Å². The van der Waals surface area contributed by atoms with Crippen molar-refractivity contribution in [2.24, 2.45) is 11.5 Å². The van der Waals surface area contributed by atoms with E-state index in [1.165, 1.54) is 11.8 Å². The lowest BCUT2D eigenvalue weighted by atomic mass is 10.2. The first kappa shape index (κ1) is 13.5. The molecule has 92 valence electrons. The maximum absolute atomic E-state index is 11.7. The minimum atomic E-state index is -0.914. The first-order valence-corrected chi connectivity index (χ1v) is 6.25. The highest BCUT2D eigenvalue weighted by Crippen LogP contribution is 2.24. The number of rotatable bonds is 5. The van der Waals surface area contributed by atoms with Gasteiger partial charge in [-0.25, -0.2) is 0 Å². The van der Waals surface area contributed by atoms with Gasteiger partial charge < -0.3 is 16.8 Å². The quantitative estimate of drug-likeness (QED) is 0.667. The van der Waals surface area contributed by atoms with Crippen molar-refractivity contribution in [3.05, 3.63) is 24.3 Å². The average molecular weight is 253 g/mol. The molecular formula is C11H15N3O2S. The molecule has 17 heavy (non-hydrogen) atoms. The fourth-order valence-electron chi connectivity index (χ4n) is 1.28. The lowest BCUT2D eigenvalue weighted by Gasteiger charge is -2.12. The number of carbonyl (C=O) groups is 2. The van der Waals surface area contributed by atoms with Gasteiger partial charge in [0, 0.05) is 4.90 Å². The van der Waals surface area contributed by atoms with Crippen LogP contribution in [-0.2, 0) is 9.59 Å². The summed E-state index contributed by atoms with van der Waals surface area (Å²) in [6.45, 7) is 0. The Bertz CT molecular complexity index is 423. The number of thioether (sulfide) groups is 1. The predicted molar refractivity (Wildman–Crippen MR) is 68.6 cm³/mol. The van der Waals surface area contributed by atoms with Crippen molar-refractivity contribution in [2.45, 2.75) is 17.4 Å². The predicted octanol–water partition coefficient (Wildman–Crippen LogP) is 0.550. The van der Waals surface area contributed by atoms with Crippen LogP contribution in [0.5, 0.6) is 0 Å². The van der Waals surface area contributed by atoms with E-state index in [0.29, 0.717) is 5.69 Å².